The van der Waals surface area contributed by atoms with Gasteiger partial charge in [0.2, 0.25) is 0 Å². The second-order valence-electron chi connectivity index (χ2n) is 6.70. The van der Waals surface area contributed by atoms with Crippen molar-refractivity contribution in [2.24, 2.45) is 7.05 Å². The van der Waals surface area contributed by atoms with Gasteiger partial charge in [-0.2, -0.15) is 0 Å². The lowest BCUT2D eigenvalue weighted by molar-refractivity contribution is 0.0390. The smallest absolute Gasteiger partial charge is 0.296 e. The number of aryl methyl sites for hydroxylation is 1. The molecule has 4 rings (SSSR count). The monoisotopic (exact) mass is 435 g/mol. The topological polar surface area (TPSA) is 72.7 Å². The molecular weight excluding hydrogens is 414 g/mol. The predicted octanol–water partition coefficient (Wildman–Crippen LogP) is 2.67. The van der Waals surface area contributed by atoms with Crippen molar-refractivity contribution in [3.63, 3.8) is 0 Å². The Morgan fingerprint density at radius 1 is 1.38 bits per heavy atom. The minimum Gasteiger partial charge on any atom is -0.494 e. The Hall–Kier alpha value is -2.20. The molecule has 1 fully saturated rings. The third-order valence-electron chi connectivity index (χ3n) is 4.90. The number of halogens is 1. The fourth-order valence-electron chi connectivity index (χ4n) is 3.26. The van der Waals surface area contributed by atoms with Gasteiger partial charge in [-0.05, 0) is 12.1 Å². The average molecular weight is 436 g/mol. The Morgan fingerprint density at radius 2 is 2.17 bits per heavy atom. The Morgan fingerprint density at radius 3 is 2.86 bits per heavy atom. The van der Waals surface area contributed by atoms with Gasteiger partial charge >= 0.3 is 0 Å². The summed E-state index contributed by atoms with van der Waals surface area (Å²) in [6.07, 6.45) is 3.37. The van der Waals surface area contributed by atoms with E-state index in [0.717, 1.165) is 24.3 Å². The molecule has 1 amide bonds. The number of rotatable bonds is 6. The molecule has 0 radical (unpaired) electrons. The van der Waals surface area contributed by atoms with E-state index in [0.29, 0.717) is 47.0 Å². The summed E-state index contributed by atoms with van der Waals surface area (Å²) in [5, 5.41) is 1.16. The summed E-state index contributed by atoms with van der Waals surface area (Å²) in [7, 11) is 3.40. The number of methoxy groups -OCH3 is 1. The molecule has 1 aliphatic heterocycles. The van der Waals surface area contributed by atoms with Gasteiger partial charge in [0, 0.05) is 45.6 Å². The molecule has 154 valence electrons. The van der Waals surface area contributed by atoms with E-state index in [1.165, 1.54) is 11.3 Å². The second-order valence-corrected chi connectivity index (χ2v) is 8.08. The van der Waals surface area contributed by atoms with Crippen LogP contribution in [-0.2, 0) is 11.8 Å². The number of morpholine rings is 1. The lowest BCUT2D eigenvalue weighted by Crippen LogP contribution is -2.43. The lowest BCUT2D eigenvalue weighted by atomic mass is 10.3. The molecule has 10 heteroatoms. The maximum absolute atomic E-state index is 13.3. The molecule has 1 aromatic carbocycles. The van der Waals surface area contributed by atoms with Gasteiger partial charge in [-0.15, -0.1) is 0 Å². The van der Waals surface area contributed by atoms with Crippen molar-refractivity contribution in [1.29, 1.82) is 0 Å². The summed E-state index contributed by atoms with van der Waals surface area (Å²) in [5.74, 6) is 0.800. The average Bonchev–Trinajstić information content (AvgIpc) is 3.36. The van der Waals surface area contributed by atoms with Gasteiger partial charge in [0.05, 0.1) is 30.0 Å². The SMILES string of the molecule is COc1ccc(Cl)c2sc(N(CCN3CCOCC3)C(=O)c3nccn3C)nc12. The molecular formula is C19H22ClN5O3S. The first kappa shape index (κ1) is 20.1. The molecule has 0 spiro atoms. The summed E-state index contributed by atoms with van der Waals surface area (Å²) < 4.78 is 13.4. The van der Waals surface area contributed by atoms with E-state index in [-0.39, 0.29) is 5.91 Å². The zero-order chi connectivity index (χ0) is 20.4. The molecule has 0 bridgehead atoms. The van der Waals surface area contributed by atoms with Crippen molar-refractivity contribution in [3.8, 4) is 5.75 Å². The number of nitrogens with zero attached hydrogens (tertiary/aromatic N) is 5. The molecule has 2 aromatic heterocycles. The molecule has 0 aliphatic carbocycles. The second kappa shape index (κ2) is 8.66. The predicted molar refractivity (Wildman–Crippen MR) is 113 cm³/mol. The number of carbonyl (C=O) groups excluding carboxylic acids is 1. The number of thiazole rings is 1. The molecule has 3 heterocycles. The van der Waals surface area contributed by atoms with Crippen molar-refractivity contribution in [3.05, 3.63) is 35.4 Å². The van der Waals surface area contributed by atoms with Gasteiger partial charge in [0.15, 0.2) is 11.0 Å². The molecule has 1 aliphatic rings. The van der Waals surface area contributed by atoms with Gasteiger partial charge in [0.25, 0.3) is 5.91 Å². The third-order valence-corrected chi connectivity index (χ3v) is 6.44. The van der Waals surface area contributed by atoms with Crippen LogP contribution in [0.4, 0.5) is 5.13 Å². The molecule has 0 atom stereocenters. The summed E-state index contributed by atoms with van der Waals surface area (Å²) >= 11 is 7.76. The highest BCUT2D eigenvalue weighted by atomic mass is 35.5. The number of carbonyl (C=O) groups is 1. The maximum atomic E-state index is 13.3. The van der Waals surface area contributed by atoms with Crippen LogP contribution < -0.4 is 9.64 Å². The number of hydrogen-bond acceptors (Lipinski definition) is 7. The molecule has 0 saturated carbocycles. The Balaban J connectivity index is 1.69. The number of benzene rings is 1. The molecule has 1 saturated heterocycles. The van der Waals surface area contributed by atoms with Crippen LogP contribution in [0, 0.1) is 0 Å². The quantitative estimate of drug-likeness (QED) is 0.592. The lowest BCUT2D eigenvalue weighted by Gasteiger charge is -2.29. The minimum absolute atomic E-state index is 0.195. The Kier molecular flexibility index (Phi) is 6.00. The summed E-state index contributed by atoms with van der Waals surface area (Å²) in [6.45, 7) is 4.34. The standard InChI is InChI=1S/C19H22ClN5O3S/c1-23-6-5-21-17(23)18(26)25(8-7-24-9-11-28-12-10-24)19-22-15-14(27-2)4-3-13(20)16(15)29-19/h3-6H,7-12H2,1-2H3. The highest BCUT2D eigenvalue weighted by Gasteiger charge is 2.26. The number of aromatic nitrogens is 3. The van der Waals surface area contributed by atoms with Crippen LogP contribution >= 0.6 is 22.9 Å². The highest BCUT2D eigenvalue weighted by Crippen LogP contribution is 2.39. The fraction of sp³-hybridized carbons (Fsp3) is 0.421. The fourth-order valence-corrected chi connectivity index (χ4v) is 4.54. The zero-order valence-corrected chi connectivity index (χ0v) is 17.9. The number of ether oxygens (including phenoxy) is 2. The molecule has 3 aromatic rings. The van der Waals surface area contributed by atoms with E-state index in [2.05, 4.69) is 9.88 Å². The largest absolute Gasteiger partial charge is 0.494 e. The van der Waals surface area contributed by atoms with E-state index in [1.807, 2.05) is 0 Å². The number of hydrogen-bond donors (Lipinski definition) is 0. The van der Waals surface area contributed by atoms with Crippen LogP contribution in [0.15, 0.2) is 24.5 Å². The van der Waals surface area contributed by atoms with Crippen LogP contribution in [0.3, 0.4) is 0 Å². The summed E-state index contributed by atoms with van der Waals surface area (Å²) in [5.41, 5.74) is 0.656. The highest BCUT2D eigenvalue weighted by molar-refractivity contribution is 7.23. The number of imidazole rings is 1. The Bertz CT molecular complexity index is 1010. The molecule has 0 N–H and O–H groups in total. The number of fused-ring (bicyclic) bond motifs is 1. The molecule has 8 nitrogen and oxygen atoms in total. The zero-order valence-electron chi connectivity index (χ0n) is 16.3. The maximum Gasteiger partial charge on any atom is 0.296 e. The Labute approximate surface area is 177 Å². The van der Waals surface area contributed by atoms with E-state index in [9.17, 15) is 4.79 Å². The van der Waals surface area contributed by atoms with Crippen molar-refractivity contribution < 1.29 is 14.3 Å². The van der Waals surface area contributed by atoms with Crippen molar-refractivity contribution in [2.45, 2.75) is 0 Å². The summed E-state index contributed by atoms with van der Waals surface area (Å²) in [6, 6.07) is 3.57. The van der Waals surface area contributed by atoms with Crippen LogP contribution in [-0.4, -0.2) is 71.8 Å². The van der Waals surface area contributed by atoms with Crippen LogP contribution in [0.2, 0.25) is 5.02 Å². The summed E-state index contributed by atoms with van der Waals surface area (Å²) in [4.78, 5) is 26.2. The van der Waals surface area contributed by atoms with Crippen LogP contribution in [0.1, 0.15) is 10.6 Å². The minimum atomic E-state index is -0.195. The van der Waals surface area contributed by atoms with Crippen molar-refractivity contribution >= 4 is 44.2 Å². The van der Waals surface area contributed by atoms with Crippen molar-refractivity contribution in [2.75, 3.05) is 51.4 Å². The number of anilines is 1. The van der Waals surface area contributed by atoms with Gasteiger partial charge in [-0.3, -0.25) is 14.6 Å². The van der Waals surface area contributed by atoms with Gasteiger partial charge < -0.3 is 14.0 Å². The van der Waals surface area contributed by atoms with E-state index >= 15 is 0 Å². The molecule has 29 heavy (non-hydrogen) atoms. The first-order valence-corrected chi connectivity index (χ1v) is 10.5. The van der Waals surface area contributed by atoms with Crippen LogP contribution in [0.25, 0.3) is 10.2 Å². The normalized spacial score (nSPS) is 15.0. The van der Waals surface area contributed by atoms with Gasteiger partial charge in [-0.1, -0.05) is 22.9 Å². The third kappa shape index (κ3) is 4.09. The van der Waals surface area contributed by atoms with E-state index in [1.54, 1.807) is 48.2 Å². The van der Waals surface area contributed by atoms with E-state index in [4.69, 9.17) is 26.1 Å². The molecule has 0 unspecified atom stereocenters. The van der Waals surface area contributed by atoms with Gasteiger partial charge in [0.1, 0.15) is 11.3 Å². The van der Waals surface area contributed by atoms with Gasteiger partial charge in [-0.25, -0.2) is 9.97 Å². The van der Waals surface area contributed by atoms with Crippen LogP contribution in [0.5, 0.6) is 5.75 Å². The number of amides is 1. The van der Waals surface area contributed by atoms with Crippen molar-refractivity contribution in [1.82, 2.24) is 19.4 Å². The first-order valence-electron chi connectivity index (χ1n) is 9.31. The van der Waals surface area contributed by atoms with E-state index < -0.39 is 0 Å². The first-order chi connectivity index (χ1) is 14.1.